The number of nitrogens with zero attached hydrogens (tertiary/aromatic N) is 1. The summed E-state index contributed by atoms with van der Waals surface area (Å²) in [5.74, 6) is 0.881. The maximum atomic E-state index is 6.02. The molecule has 0 aromatic heterocycles. The fourth-order valence-corrected chi connectivity index (χ4v) is 2.31. The summed E-state index contributed by atoms with van der Waals surface area (Å²) in [6.07, 6.45) is 2.76. The van der Waals surface area contributed by atoms with Gasteiger partial charge >= 0.3 is 0 Å². The molecule has 0 saturated heterocycles. The Morgan fingerprint density at radius 3 is 2.44 bits per heavy atom. The van der Waals surface area contributed by atoms with Crippen LogP contribution in [0.5, 0.6) is 0 Å². The molecule has 0 spiro atoms. The average molecular weight is 218 g/mol. The SMILES string of the molecule is CC(C1CC1)N(C)c1ccccc1[C@@H](C)N. The first kappa shape index (κ1) is 11.5. The van der Waals surface area contributed by atoms with Crippen LogP contribution in [0.2, 0.25) is 0 Å². The molecule has 1 aromatic rings. The van der Waals surface area contributed by atoms with Gasteiger partial charge in [0.15, 0.2) is 0 Å². The Kier molecular flexibility index (Phi) is 3.20. The molecule has 2 heteroatoms. The number of rotatable bonds is 4. The van der Waals surface area contributed by atoms with Gasteiger partial charge in [0.05, 0.1) is 0 Å². The van der Waals surface area contributed by atoms with Gasteiger partial charge in [-0.05, 0) is 44.2 Å². The van der Waals surface area contributed by atoms with Crippen molar-refractivity contribution < 1.29 is 0 Å². The van der Waals surface area contributed by atoms with Gasteiger partial charge in [0.25, 0.3) is 0 Å². The van der Waals surface area contributed by atoms with Crippen molar-refractivity contribution in [3.63, 3.8) is 0 Å². The van der Waals surface area contributed by atoms with E-state index in [1.54, 1.807) is 0 Å². The van der Waals surface area contributed by atoms with Gasteiger partial charge in [-0.25, -0.2) is 0 Å². The molecule has 1 aliphatic carbocycles. The molecule has 2 N–H and O–H groups in total. The van der Waals surface area contributed by atoms with Gasteiger partial charge in [-0.2, -0.15) is 0 Å². The molecule has 2 atom stereocenters. The zero-order valence-corrected chi connectivity index (χ0v) is 10.5. The van der Waals surface area contributed by atoms with Crippen molar-refractivity contribution in [1.82, 2.24) is 0 Å². The Bertz CT molecular complexity index is 356. The largest absolute Gasteiger partial charge is 0.371 e. The first-order valence-electron chi connectivity index (χ1n) is 6.18. The molecular weight excluding hydrogens is 196 g/mol. The summed E-state index contributed by atoms with van der Waals surface area (Å²) >= 11 is 0. The molecule has 2 rings (SSSR count). The van der Waals surface area contributed by atoms with Crippen LogP contribution in [0.3, 0.4) is 0 Å². The Labute approximate surface area is 98.4 Å². The molecule has 0 radical (unpaired) electrons. The van der Waals surface area contributed by atoms with E-state index in [0.29, 0.717) is 6.04 Å². The lowest BCUT2D eigenvalue weighted by Gasteiger charge is -2.30. The molecule has 0 aliphatic heterocycles. The Balaban J connectivity index is 2.24. The fraction of sp³-hybridized carbons (Fsp3) is 0.571. The normalized spacial score (nSPS) is 19.2. The zero-order valence-electron chi connectivity index (χ0n) is 10.5. The van der Waals surface area contributed by atoms with Gasteiger partial charge in [0, 0.05) is 24.8 Å². The standard InChI is InChI=1S/C14H22N2/c1-10(15)13-6-4-5-7-14(13)16(3)11(2)12-8-9-12/h4-7,10-12H,8-9,15H2,1-3H3/t10-,11?/m1/s1. The third-order valence-electron chi connectivity index (χ3n) is 3.72. The van der Waals surface area contributed by atoms with Crippen LogP contribution >= 0.6 is 0 Å². The minimum absolute atomic E-state index is 0.102. The zero-order chi connectivity index (χ0) is 11.7. The first-order valence-corrected chi connectivity index (χ1v) is 6.18. The van der Waals surface area contributed by atoms with Crippen LogP contribution in [-0.4, -0.2) is 13.1 Å². The number of para-hydroxylation sites is 1. The summed E-state index contributed by atoms with van der Waals surface area (Å²) in [5.41, 5.74) is 8.55. The summed E-state index contributed by atoms with van der Waals surface area (Å²) < 4.78 is 0. The van der Waals surface area contributed by atoms with Crippen molar-refractivity contribution in [2.24, 2.45) is 11.7 Å². The molecule has 16 heavy (non-hydrogen) atoms. The van der Waals surface area contributed by atoms with Crippen molar-refractivity contribution in [3.8, 4) is 0 Å². The van der Waals surface area contributed by atoms with E-state index >= 15 is 0 Å². The van der Waals surface area contributed by atoms with Crippen molar-refractivity contribution in [1.29, 1.82) is 0 Å². The highest BCUT2D eigenvalue weighted by atomic mass is 15.1. The molecule has 1 fully saturated rings. The van der Waals surface area contributed by atoms with Crippen LogP contribution in [-0.2, 0) is 0 Å². The highest BCUT2D eigenvalue weighted by Crippen LogP contribution is 2.37. The number of nitrogens with two attached hydrogens (primary N) is 1. The highest BCUT2D eigenvalue weighted by Gasteiger charge is 2.31. The summed E-state index contributed by atoms with van der Waals surface area (Å²) in [5, 5.41) is 0. The molecule has 2 nitrogen and oxygen atoms in total. The summed E-state index contributed by atoms with van der Waals surface area (Å²) in [6, 6.07) is 9.20. The van der Waals surface area contributed by atoms with E-state index in [0.717, 1.165) is 5.92 Å². The summed E-state index contributed by atoms with van der Waals surface area (Å²) in [6.45, 7) is 4.37. The van der Waals surface area contributed by atoms with Gasteiger partial charge in [-0.15, -0.1) is 0 Å². The molecule has 0 bridgehead atoms. The quantitative estimate of drug-likeness (QED) is 0.842. The topological polar surface area (TPSA) is 29.3 Å². The van der Waals surface area contributed by atoms with Crippen LogP contribution < -0.4 is 10.6 Å². The van der Waals surface area contributed by atoms with Crippen molar-refractivity contribution in [2.75, 3.05) is 11.9 Å². The van der Waals surface area contributed by atoms with E-state index in [1.807, 2.05) is 0 Å². The van der Waals surface area contributed by atoms with Crippen LogP contribution in [0, 0.1) is 5.92 Å². The molecule has 0 heterocycles. The molecule has 1 unspecified atom stereocenters. The second-order valence-corrected chi connectivity index (χ2v) is 5.04. The van der Waals surface area contributed by atoms with Crippen molar-refractivity contribution in [2.45, 2.75) is 38.8 Å². The third-order valence-corrected chi connectivity index (χ3v) is 3.72. The van der Waals surface area contributed by atoms with Crippen molar-refractivity contribution in [3.05, 3.63) is 29.8 Å². The molecule has 1 aliphatic rings. The minimum atomic E-state index is 0.102. The van der Waals surface area contributed by atoms with Gasteiger partial charge in [0.1, 0.15) is 0 Å². The highest BCUT2D eigenvalue weighted by molar-refractivity contribution is 5.55. The molecule has 0 amide bonds. The number of anilines is 1. The van der Waals surface area contributed by atoms with Crippen molar-refractivity contribution >= 4 is 5.69 Å². The Morgan fingerprint density at radius 1 is 1.25 bits per heavy atom. The van der Waals surface area contributed by atoms with E-state index < -0.39 is 0 Å². The maximum absolute atomic E-state index is 6.02. The maximum Gasteiger partial charge on any atom is 0.0414 e. The predicted molar refractivity (Wildman–Crippen MR) is 69.6 cm³/mol. The lowest BCUT2D eigenvalue weighted by atomic mass is 10.0. The van der Waals surface area contributed by atoms with E-state index in [2.05, 4.69) is 50.1 Å². The third kappa shape index (κ3) is 2.22. The smallest absolute Gasteiger partial charge is 0.0414 e. The first-order chi connectivity index (χ1) is 7.61. The Morgan fingerprint density at radius 2 is 1.88 bits per heavy atom. The fourth-order valence-electron chi connectivity index (χ4n) is 2.31. The minimum Gasteiger partial charge on any atom is -0.371 e. The molecule has 1 saturated carbocycles. The van der Waals surface area contributed by atoms with Gasteiger partial charge in [-0.3, -0.25) is 0 Å². The number of hydrogen-bond donors (Lipinski definition) is 1. The monoisotopic (exact) mass is 218 g/mol. The molecule has 1 aromatic carbocycles. The van der Waals surface area contributed by atoms with Gasteiger partial charge in [-0.1, -0.05) is 18.2 Å². The van der Waals surface area contributed by atoms with Crippen LogP contribution in [0.4, 0.5) is 5.69 Å². The number of hydrogen-bond acceptors (Lipinski definition) is 2. The van der Waals surface area contributed by atoms with E-state index in [1.165, 1.54) is 24.1 Å². The predicted octanol–water partition coefficient (Wildman–Crippen LogP) is 2.94. The van der Waals surface area contributed by atoms with E-state index in [4.69, 9.17) is 5.73 Å². The second kappa shape index (κ2) is 4.46. The van der Waals surface area contributed by atoms with Gasteiger partial charge < -0.3 is 10.6 Å². The van der Waals surface area contributed by atoms with Crippen LogP contribution in [0.25, 0.3) is 0 Å². The molecular formula is C14H22N2. The van der Waals surface area contributed by atoms with Crippen LogP contribution in [0.15, 0.2) is 24.3 Å². The lowest BCUT2D eigenvalue weighted by Crippen LogP contribution is -2.31. The average Bonchev–Trinajstić information content (AvgIpc) is 3.11. The second-order valence-electron chi connectivity index (χ2n) is 5.04. The Hall–Kier alpha value is -1.02. The van der Waals surface area contributed by atoms with E-state index in [9.17, 15) is 0 Å². The van der Waals surface area contributed by atoms with E-state index in [-0.39, 0.29) is 6.04 Å². The molecule has 88 valence electrons. The lowest BCUT2D eigenvalue weighted by molar-refractivity contribution is 0.605. The van der Waals surface area contributed by atoms with Gasteiger partial charge in [0.2, 0.25) is 0 Å². The number of benzene rings is 1. The summed E-state index contributed by atoms with van der Waals surface area (Å²) in [7, 11) is 2.18. The van der Waals surface area contributed by atoms with Crippen LogP contribution in [0.1, 0.15) is 38.3 Å². The summed E-state index contributed by atoms with van der Waals surface area (Å²) in [4.78, 5) is 2.39.